The van der Waals surface area contributed by atoms with Crippen LogP contribution < -0.4 is 15.3 Å². The molecule has 1 aliphatic rings. The highest BCUT2D eigenvalue weighted by Gasteiger charge is 2.39. The van der Waals surface area contributed by atoms with Gasteiger partial charge in [0.05, 0.1) is 12.1 Å². The number of carboxylic acid groups (broad SMARTS) is 1. The molecule has 1 aliphatic heterocycles. The molecule has 7 heteroatoms. The van der Waals surface area contributed by atoms with Crippen LogP contribution in [0.1, 0.15) is 12.0 Å². The van der Waals surface area contributed by atoms with Gasteiger partial charge in [0, 0.05) is 18.1 Å². The minimum absolute atomic E-state index is 0.0169. The van der Waals surface area contributed by atoms with E-state index in [9.17, 15) is 23.9 Å². The first-order valence-electron chi connectivity index (χ1n) is 7.62. The molecular formula is C18H14FN2O4-. The van der Waals surface area contributed by atoms with E-state index in [2.05, 4.69) is 5.32 Å². The summed E-state index contributed by atoms with van der Waals surface area (Å²) < 4.78 is 13.0. The molecule has 1 heterocycles. The topological polar surface area (TPSA) is 89.5 Å². The molecule has 2 amide bonds. The lowest BCUT2D eigenvalue weighted by Gasteiger charge is -2.16. The molecule has 3 rings (SSSR count). The van der Waals surface area contributed by atoms with Crippen LogP contribution in [0.2, 0.25) is 0 Å². The second kappa shape index (κ2) is 6.72. The van der Waals surface area contributed by atoms with Crippen molar-refractivity contribution < 1.29 is 23.9 Å². The van der Waals surface area contributed by atoms with Crippen molar-refractivity contribution in [3.05, 3.63) is 59.9 Å². The summed E-state index contributed by atoms with van der Waals surface area (Å²) >= 11 is 0. The molecule has 0 aromatic heterocycles. The van der Waals surface area contributed by atoms with E-state index >= 15 is 0 Å². The summed E-state index contributed by atoms with van der Waals surface area (Å²) in [6.07, 6.45) is -0.212. The number of nitrogens with one attached hydrogen (secondary N) is 1. The van der Waals surface area contributed by atoms with E-state index < -0.39 is 23.7 Å². The maximum absolute atomic E-state index is 13.0. The summed E-state index contributed by atoms with van der Waals surface area (Å²) in [5.74, 6) is -2.42. The molecule has 0 unspecified atom stereocenters. The Kier molecular flexibility index (Phi) is 4.47. The first-order chi connectivity index (χ1) is 11.9. The van der Waals surface area contributed by atoms with Crippen molar-refractivity contribution in [1.82, 2.24) is 0 Å². The largest absolute Gasteiger partial charge is 0.550 e. The van der Waals surface area contributed by atoms with Gasteiger partial charge in [-0.3, -0.25) is 9.59 Å². The third-order valence-corrected chi connectivity index (χ3v) is 3.87. The third-order valence-electron chi connectivity index (χ3n) is 3.87. The molecule has 1 N–H and O–H groups in total. The van der Waals surface area contributed by atoms with Gasteiger partial charge < -0.3 is 15.2 Å². The summed E-state index contributed by atoms with van der Waals surface area (Å²) in [5, 5.41) is 13.5. The average molecular weight is 341 g/mol. The van der Waals surface area contributed by atoms with Crippen molar-refractivity contribution in [1.29, 1.82) is 0 Å². The lowest BCUT2D eigenvalue weighted by molar-refractivity contribution is -0.304. The molecule has 2 aromatic rings. The van der Waals surface area contributed by atoms with Crippen LogP contribution in [0.4, 0.5) is 15.8 Å². The zero-order valence-electron chi connectivity index (χ0n) is 13.1. The van der Waals surface area contributed by atoms with Crippen molar-refractivity contribution in [2.75, 3.05) is 10.2 Å². The number of amides is 2. The Morgan fingerprint density at radius 3 is 2.36 bits per heavy atom. The number of carboxylic acids is 1. The number of halogens is 1. The fourth-order valence-corrected chi connectivity index (χ4v) is 2.69. The Morgan fingerprint density at radius 2 is 1.76 bits per heavy atom. The lowest BCUT2D eigenvalue weighted by atomic mass is 10.1. The van der Waals surface area contributed by atoms with Crippen LogP contribution in [-0.4, -0.2) is 23.8 Å². The summed E-state index contributed by atoms with van der Waals surface area (Å²) in [5.41, 5.74) is 1.49. The number of carbonyl (C=O) groups excluding carboxylic acids is 3. The van der Waals surface area contributed by atoms with Crippen LogP contribution in [-0.2, 0) is 20.8 Å². The quantitative estimate of drug-likeness (QED) is 0.815. The molecule has 128 valence electrons. The zero-order valence-corrected chi connectivity index (χ0v) is 13.1. The van der Waals surface area contributed by atoms with E-state index in [1.807, 2.05) is 0 Å². The van der Waals surface area contributed by atoms with Gasteiger partial charge in [-0.15, -0.1) is 0 Å². The van der Waals surface area contributed by atoms with E-state index in [4.69, 9.17) is 0 Å². The molecule has 1 saturated heterocycles. The Morgan fingerprint density at radius 1 is 1.12 bits per heavy atom. The second-order valence-electron chi connectivity index (χ2n) is 5.69. The van der Waals surface area contributed by atoms with E-state index in [0.29, 0.717) is 16.9 Å². The predicted molar refractivity (Wildman–Crippen MR) is 86.1 cm³/mol. The van der Waals surface area contributed by atoms with Crippen LogP contribution in [0, 0.1) is 5.82 Å². The molecule has 2 aromatic carbocycles. The Bertz CT molecular complexity index is 818. The van der Waals surface area contributed by atoms with E-state index in [1.54, 1.807) is 24.3 Å². The average Bonchev–Trinajstić information content (AvgIpc) is 2.84. The van der Waals surface area contributed by atoms with Crippen LogP contribution in [0.15, 0.2) is 48.5 Å². The highest BCUT2D eigenvalue weighted by molar-refractivity contribution is 6.23. The van der Waals surface area contributed by atoms with Gasteiger partial charge in [-0.1, -0.05) is 12.1 Å². The monoisotopic (exact) mass is 341 g/mol. The lowest BCUT2D eigenvalue weighted by Crippen LogP contribution is -2.34. The molecule has 0 aliphatic carbocycles. The van der Waals surface area contributed by atoms with Crippen molar-refractivity contribution in [3.8, 4) is 0 Å². The maximum atomic E-state index is 13.0. The number of anilines is 2. The fourth-order valence-electron chi connectivity index (χ4n) is 2.69. The highest BCUT2D eigenvalue weighted by Crippen LogP contribution is 2.25. The van der Waals surface area contributed by atoms with Crippen molar-refractivity contribution in [2.45, 2.75) is 18.9 Å². The van der Waals surface area contributed by atoms with Gasteiger partial charge in [-0.2, -0.15) is 0 Å². The molecule has 0 radical (unpaired) electrons. The van der Waals surface area contributed by atoms with Gasteiger partial charge in [0.1, 0.15) is 11.9 Å². The predicted octanol–water partition coefficient (Wildman–Crippen LogP) is 0.862. The number of hydrogen-bond acceptors (Lipinski definition) is 5. The number of hydrogen-bond donors (Lipinski definition) is 1. The van der Waals surface area contributed by atoms with E-state index in [-0.39, 0.29) is 18.7 Å². The minimum atomic E-state index is -1.17. The molecule has 0 bridgehead atoms. The van der Waals surface area contributed by atoms with Crippen LogP contribution in [0.3, 0.4) is 0 Å². The zero-order chi connectivity index (χ0) is 18.0. The molecular weight excluding hydrogens is 327 g/mol. The number of imide groups is 1. The highest BCUT2D eigenvalue weighted by atomic mass is 19.1. The molecule has 0 spiro atoms. The molecule has 6 nitrogen and oxygen atoms in total. The summed E-state index contributed by atoms with van der Waals surface area (Å²) in [7, 11) is 0. The van der Waals surface area contributed by atoms with Crippen LogP contribution in [0.5, 0.6) is 0 Å². The van der Waals surface area contributed by atoms with E-state index in [1.165, 1.54) is 24.3 Å². The standard InChI is InChI=1S/C18H15FN2O4/c19-12-3-7-14(8-4-12)21-16(22)10-15(18(21)25)20-13-5-1-11(2-6-13)9-17(23)24/h1-8,15,20H,9-10H2,(H,23,24)/p-1/t15-/m0/s1. The van der Waals surface area contributed by atoms with Crippen LogP contribution in [0.25, 0.3) is 0 Å². The van der Waals surface area contributed by atoms with Gasteiger partial charge in [0.2, 0.25) is 5.91 Å². The van der Waals surface area contributed by atoms with Crippen LogP contribution >= 0.6 is 0 Å². The van der Waals surface area contributed by atoms with Gasteiger partial charge in [-0.25, -0.2) is 9.29 Å². The molecule has 0 saturated carbocycles. The summed E-state index contributed by atoms with van der Waals surface area (Å²) in [6.45, 7) is 0. The number of rotatable bonds is 5. The number of carbonyl (C=O) groups is 3. The van der Waals surface area contributed by atoms with Crippen molar-refractivity contribution >= 4 is 29.2 Å². The normalized spacial score (nSPS) is 17.0. The second-order valence-corrected chi connectivity index (χ2v) is 5.69. The maximum Gasteiger partial charge on any atom is 0.256 e. The van der Waals surface area contributed by atoms with Gasteiger partial charge in [0.15, 0.2) is 0 Å². The van der Waals surface area contributed by atoms with E-state index in [0.717, 1.165) is 4.90 Å². The minimum Gasteiger partial charge on any atom is -0.550 e. The van der Waals surface area contributed by atoms with Gasteiger partial charge in [-0.05, 0) is 42.0 Å². The molecule has 25 heavy (non-hydrogen) atoms. The Labute approximate surface area is 142 Å². The van der Waals surface area contributed by atoms with Crippen molar-refractivity contribution in [3.63, 3.8) is 0 Å². The SMILES string of the molecule is O=C([O-])Cc1ccc(N[C@H]2CC(=O)N(c3ccc(F)cc3)C2=O)cc1. The first kappa shape index (κ1) is 16.6. The van der Waals surface area contributed by atoms with Gasteiger partial charge >= 0.3 is 0 Å². The molecule has 1 fully saturated rings. The third kappa shape index (κ3) is 3.65. The smallest absolute Gasteiger partial charge is 0.256 e. The number of aliphatic carboxylic acids is 1. The Balaban J connectivity index is 1.71. The summed E-state index contributed by atoms with van der Waals surface area (Å²) in [4.78, 5) is 36.2. The van der Waals surface area contributed by atoms with Crippen molar-refractivity contribution in [2.24, 2.45) is 0 Å². The number of nitrogens with zero attached hydrogens (tertiary/aromatic N) is 1. The summed E-state index contributed by atoms with van der Waals surface area (Å²) in [6, 6.07) is 10.9. The first-order valence-corrected chi connectivity index (χ1v) is 7.62. The Hall–Kier alpha value is -3.22. The molecule has 1 atom stereocenters. The fraction of sp³-hybridized carbons (Fsp3) is 0.167. The number of benzene rings is 2. The van der Waals surface area contributed by atoms with Gasteiger partial charge in [0.25, 0.3) is 5.91 Å².